The lowest BCUT2D eigenvalue weighted by Crippen LogP contribution is -2.45. The highest BCUT2D eigenvalue weighted by Gasteiger charge is 2.18. The molecule has 0 radical (unpaired) electrons. The van der Waals surface area contributed by atoms with E-state index in [1.54, 1.807) is 6.08 Å². The first kappa shape index (κ1) is 71.8. The molecule has 0 aliphatic rings. The molecule has 6 heteroatoms. The van der Waals surface area contributed by atoms with Crippen molar-refractivity contribution in [2.24, 2.45) is 0 Å². The van der Waals surface area contributed by atoms with Crippen LogP contribution in [0.1, 0.15) is 348 Å². The topological polar surface area (TPSA) is 95.9 Å². The maximum Gasteiger partial charge on any atom is 0.305 e. The van der Waals surface area contributed by atoms with Crippen LogP contribution in [0.3, 0.4) is 0 Å². The summed E-state index contributed by atoms with van der Waals surface area (Å²) in [5.41, 5.74) is 0. The number of ether oxygens (including phenoxy) is 1. The number of esters is 1. The largest absolute Gasteiger partial charge is 0.466 e. The molecule has 1 amide bonds. The van der Waals surface area contributed by atoms with E-state index in [1.807, 2.05) is 6.08 Å². The molecule has 2 atom stereocenters. The Kier molecular flexibility index (Phi) is 61.5. The summed E-state index contributed by atoms with van der Waals surface area (Å²) in [5, 5.41) is 23.2. The number of aliphatic hydroxyl groups is 2. The lowest BCUT2D eigenvalue weighted by Gasteiger charge is -2.20. The summed E-state index contributed by atoms with van der Waals surface area (Å²) in [5.74, 6) is -0.0985. The second-order valence-electron chi connectivity index (χ2n) is 22.5. The molecule has 0 saturated heterocycles. The Morgan fingerprint density at radius 3 is 1.05 bits per heavy atom. The van der Waals surface area contributed by atoms with Crippen molar-refractivity contribution in [1.82, 2.24) is 5.32 Å². The van der Waals surface area contributed by atoms with Gasteiger partial charge in [-0.1, -0.05) is 294 Å². The highest BCUT2D eigenvalue weighted by molar-refractivity contribution is 5.76. The quantitative estimate of drug-likeness (QED) is 0.0244. The van der Waals surface area contributed by atoms with Gasteiger partial charge in [0.05, 0.1) is 25.4 Å². The highest BCUT2D eigenvalue weighted by Crippen LogP contribution is 2.17. The lowest BCUT2D eigenvalue weighted by molar-refractivity contribution is -0.143. The molecule has 434 valence electrons. The van der Waals surface area contributed by atoms with Crippen LogP contribution in [0.15, 0.2) is 48.6 Å². The summed E-state index contributed by atoms with van der Waals surface area (Å²) in [7, 11) is 0. The first-order valence-electron chi connectivity index (χ1n) is 32.9. The smallest absolute Gasteiger partial charge is 0.305 e. The van der Waals surface area contributed by atoms with Gasteiger partial charge in [-0.15, -0.1) is 0 Å². The van der Waals surface area contributed by atoms with Crippen molar-refractivity contribution in [3.05, 3.63) is 48.6 Å². The van der Waals surface area contributed by atoms with Gasteiger partial charge in [0, 0.05) is 12.8 Å². The van der Waals surface area contributed by atoms with Crippen LogP contribution in [0.25, 0.3) is 0 Å². The zero-order chi connectivity index (χ0) is 53.6. The number of unbranched alkanes of at least 4 members (excludes halogenated alkanes) is 45. The summed E-state index contributed by atoms with van der Waals surface area (Å²) >= 11 is 0. The molecule has 0 fully saturated rings. The molecule has 0 bridgehead atoms. The Labute approximate surface area is 461 Å². The van der Waals surface area contributed by atoms with Gasteiger partial charge in [-0.3, -0.25) is 9.59 Å². The van der Waals surface area contributed by atoms with Gasteiger partial charge in [-0.05, 0) is 89.9 Å². The van der Waals surface area contributed by atoms with Crippen LogP contribution >= 0.6 is 0 Å². The standard InChI is InChI=1S/C68H127NO5/c1-3-5-7-9-11-13-15-17-18-19-20-21-22-23-24-25-27-30-33-37-40-44-48-52-56-60-66(71)65(64-70)69-67(72)61-57-53-49-45-41-38-34-31-28-26-29-32-35-39-43-47-51-55-59-63-74-68(73)62-58-54-50-46-42-36-16-14-12-10-8-6-4-2/h14,16,32,35,39,43,56,60,65-66,70-71H,3-13,15,17-31,33-34,36-38,40-42,44-55,57-59,61-64H2,1-2H3,(H,69,72)/b16-14-,35-32-,43-39-,60-56+. The van der Waals surface area contributed by atoms with Crippen molar-refractivity contribution in [3.8, 4) is 0 Å². The molecule has 2 unspecified atom stereocenters. The number of aliphatic hydroxyl groups excluding tert-OH is 2. The molecule has 0 heterocycles. The number of carbonyl (C=O) groups is 2. The minimum absolute atomic E-state index is 0.0233. The van der Waals surface area contributed by atoms with E-state index in [2.05, 4.69) is 55.6 Å². The Morgan fingerprint density at radius 2 is 0.676 bits per heavy atom. The van der Waals surface area contributed by atoms with Crippen molar-refractivity contribution in [1.29, 1.82) is 0 Å². The summed E-state index contributed by atoms with van der Waals surface area (Å²) in [4.78, 5) is 24.5. The van der Waals surface area contributed by atoms with Gasteiger partial charge in [-0.25, -0.2) is 0 Å². The van der Waals surface area contributed by atoms with Crippen molar-refractivity contribution >= 4 is 11.9 Å². The van der Waals surface area contributed by atoms with Gasteiger partial charge in [0.1, 0.15) is 0 Å². The lowest BCUT2D eigenvalue weighted by atomic mass is 10.0. The van der Waals surface area contributed by atoms with Crippen LogP contribution in [0, 0.1) is 0 Å². The van der Waals surface area contributed by atoms with Crippen molar-refractivity contribution < 1.29 is 24.5 Å². The maximum atomic E-state index is 12.5. The molecule has 0 aromatic carbocycles. The maximum absolute atomic E-state index is 12.5. The minimum Gasteiger partial charge on any atom is -0.466 e. The third kappa shape index (κ3) is 59.1. The third-order valence-corrected chi connectivity index (χ3v) is 15.1. The van der Waals surface area contributed by atoms with Gasteiger partial charge >= 0.3 is 5.97 Å². The first-order valence-corrected chi connectivity index (χ1v) is 32.9. The predicted molar refractivity (Wildman–Crippen MR) is 324 cm³/mol. The average molecular weight is 1040 g/mol. The normalized spacial score (nSPS) is 12.9. The summed E-state index contributed by atoms with van der Waals surface area (Å²) < 4.78 is 5.44. The highest BCUT2D eigenvalue weighted by atomic mass is 16.5. The molecule has 3 N–H and O–H groups in total. The van der Waals surface area contributed by atoms with E-state index < -0.39 is 12.1 Å². The van der Waals surface area contributed by atoms with Gasteiger partial charge in [0.2, 0.25) is 5.91 Å². The van der Waals surface area contributed by atoms with Crippen LogP contribution in [0.4, 0.5) is 0 Å². The van der Waals surface area contributed by atoms with Gasteiger partial charge < -0.3 is 20.3 Å². The molecule has 0 aromatic heterocycles. The van der Waals surface area contributed by atoms with Crippen molar-refractivity contribution in [3.63, 3.8) is 0 Å². The zero-order valence-electron chi connectivity index (χ0n) is 49.6. The van der Waals surface area contributed by atoms with E-state index in [1.165, 1.54) is 244 Å². The fourth-order valence-electron chi connectivity index (χ4n) is 10.0. The van der Waals surface area contributed by atoms with E-state index in [0.717, 1.165) is 77.0 Å². The number of hydrogen-bond acceptors (Lipinski definition) is 5. The number of hydrogen-bond donors (Lipinski definition) is 3. The number of amides is 1. The van der Waals surface area contributed by atoms with Crippen molar-refractivity contribution in [2.45, 2.75) is 360 Å². The summed E-state index contributed by atoms with van der Waals surface area (Å²) in [6.45, 7) is 4.86. The molecule has 0 spiro atoms. The van der Waals surface area contributed by atoms with Crippen molar-refractivity contribution in [2.75, 3.05) is 13.2 Å². The van der Waals surface area contributed by atoms with Crippen LogP contribution in [-0.2, 0) is 14.3 Å². The van der Waals surface area contributed by atoms with Crippen LogP contribution in [-0.4, -0.2) is 47.4 Å². The minimum atomic E-state index is -0.854. The molecular formula is C68H127NO5. The number of allylic oxidation sites excluding steroid dienone is 7. The van der Waals surface area contributed by atoms with Crippen LogP contribution in [0.2, 0.25) is 0 Å². The summed E-state index contributed by atoms with van der Waals surface area (Å²) in [6.07, 6.45) is 81.6. The molecular weight excluding hydrogens is 911 g/mol. The number of rotatable bonds is 61. The fourth-order valence-corrected chi connectivity index (χ4v) is 10.0. The Morgan fingerprint density at radius 1 is 0.378 bits per heavy atom. The molecule has 6 nitrogen and oxygen atoms in total. The Balaban J connectivity index is 3.51. The van der Waals surface area contributed by atoms with E-state index in [9.17, 15) is 19.8 Å². The second kappa shape index (κ2) is 63.4. The monoisotopic (exact) mass is 1040 g/mol. The Hall–Kier alpha value is -2.18. The number of nitrogens with one attached hydrogen (secondary N) is 1. The van der Waals surface area contributed by atoms with E-state index in [0.29, 0.717) is 19.4 Å². The average Bonchev–Trinajstić information content (AvgIpc) is 3.40. The fraction of sp³-hybridized carbons (Fsp3) is 0.853. The van der Waals surface area contributed by atoms with E-state index in [-0.39, 0.29) is 18.5 Å². The molecule has 74 heavy (non-hydrogen) atoms. The van der Waals surface area contributed by atoms with Crippen LogP contribution < -0.4 is 5.32 Å². The van der Waals surface area contributed by atoms with E-state index in [4.69, 9.17) is 4.74 Å². The SMILES string of the molecule is CCCCCC/C=C\CCCCCCCC(=O)OCCCCC/C=C\C=C/CCCCCCCCCCCCC(=O)NC(CO)C(O)/C=C/CCCCCCCCCCCCCCCCCCCCCCCCC. The van der Waals surface area contributed by atoms with Gasteiger partial charge in [-0.2, -0.15) is 0 Å². The molecule has 0 rings (SSSR count). The number of carbonyl (C=O) groups excluding carboxylic acids is 2. The third-order valence-electron chi connectivity index (χ3n) is 15.1. The predicted octanol–water partition coefficient (Wildman–Crippen LogP) is 20.9. The molecule has 0 aromatic rings. The van der Waals surface area contributed by atoms with Gasteiger partial charge in [0.25, 0.3) is 0 Å². The first-order chi connectivity index (χ1) is 36.5. The second-order valence-corrected chi connectivity index (χ2v) is 22.5. The molecule has 0 saturated carbocycles. The Bertz CT molecular complexity index is 1240. The summed E-state index contributed by atoms with van der Waals surface area (Å²) in [6, 6.07) is -0.638. The molecule has 0 aliphatic carbocycles. The molecule has 0 aliphatic heterocycles. The van der Waals surface area contributed by atoms with E-state index >= 15 is 0 Å². The van der Waals surface area contributed by atoms with Crippen LogP contribution in [0.5, 0.6) is 0 Å². The zero-order valence-corrected chi connectivity index (χ0v) is 49.6. The van der Waals surface area contributed by atoms with Gasteiger partial charge in [0.15, 0.2) is 0 Å².